The van der Waals surface area contributed by atoms with Crippen molar-refractivity contribution in [2.24, 2.45) is 0 Å². The van der Waals surface area contributed by atoms with Crippen molar-refractivity contribution in [3.63, 3.8) is 0 Å². The van der Waals surface area contributed by atoms with Crippen LogP contribution in [0.4, 0.5) is 0 Å². The number of fused-ring (bicyclic) bond motifs is 1. The number of halogens is 1. The number of aromatic nitrogens is 2. The van der Waals surface area contributed by atoms with Gasteiger partial charge in [0.2, 0.25) is 0 Å². The molecule has 2 aromatic carbocycles. The van der Waals surface area contributed by atoms with E-state index in [1.807, 2.05) is 12.1 Å². The number of hydrogen-bond acceptors (Lipinski definition) is 1. The molecule has 0 aliphatic carbocycles. The number of rotatable bonds is 7. The number of quaternary nitrogens is 1. The number of para-hydroxylation sites is 2. The van der Waals surface area contributed by atoms with Gasteiger partial charge in [-0.3, -0.25) is 0 Å². The molecular formula is C20H25ClN3+. The summed E-state index contributed by atoms with van der Waals surface area (Å²) in [6.07, 6.45) is 2.49. The normalized spacial score (nSPS) is 12.6. The largest absolute Gasteiger partial charge is 0.331 e. The molecule has 3 rings (SSSR count). The lowest BCUT2D eigenvalue weighted by molar-refractivity contribution is -0.894. The zero-order valence-electron chi connectivity index (χ0n) is 14.4. The van der Waals surface area contributed by atoms with Crippen LogP contribution in [-0.4, -0.2) is 23.1 Å². The van der Waals surface area contributed by atoms with Gasteiger partial charge in [0, 0.05) is 11.6 Å². The van der Waals surface area contributed by atoms with Crippen LogP contribution in [0.5, 0.6) is 0 Å². The highest BCUT2D eigenvalue weighted by molar-refractivity contribution is 6.30. The van der Waals surface area contributed by atoms with Crippen molar-refractivity contribution in [1.82, 2.24) is 9.55 Å². The summed E-state index contributed by atoms with van der Waals surface area (Å²) in [6.45, 7) is 5.19. The Morgan fingerprint density at radius 2 is 1.83 bits per heavy atom. The third-order valence-electron chi connectivity index (χ3n) is 4.40. The lowest BCUT2D eigenvalue weighted by atomic mass is 10.2. The molecule has 1 N–H and O–H groups in total. The minimum Gasteiger partial charge on any atom is -0.331 e. The first-order chi connectivity index (χ1) is 11.7. The predicted molar refractivity (Wildman–Crippen MR) is 101 cm³/mol. The standard InChI is InChI=1S/C20H24ClN3/c1-3-4-13-23(2)15-20-22-18-7-5-6-8-19(18)24(20)14-16-9-11-17(21)12-10-16/h5-12H,3-4,13-15H2,1-2H3/p+1. The molecule has 1 aromatic heterocycles. The van der Waals surface area contributed by atoms with Gasteiger partial charge in [-0.2, -0.15) is 0 Å². The van der Waals surface area contributed by atoms with Crippen LogP contribution in [0.2, 0.25) is 5.02 Å². The number of hydrogen-bond donors (Lipinski definition) is 1. The quantitative estimate of drug-likeness (QED) is 0.697. The Morgan fingerprint density at radius 1 is 1.08 bits per heavy atom. The van der Waals surface area contributed by atoms with Crippen molar-refractivity contribution in [1.29, 1.82) is 0 Å². The molecular weight excluding hydrogens is 318 g/mol. The van der Waals surface area contributed by atoms with Gasteiger partial charge in [0.25, 0.3) is 0 Å². The zero-order chi connectivity index (χ0) is 16.9. The fourth-order valence-corrected chi connectivity index (χ4v) is 3.17. The first-order valence-electron chi connectivity index (χ1n) is 8.67. The number of nitrogens with zero attached hydrogens (tertiary/aromatic N) is 2. The van der Waals surface area contributed by atoms with Crippen molar-refractivity contribution in [3.8, 4) is 0 Å². The SMILES string of the molecule is CCCC[NH+](C)Cc1nc2ccccc2n1Cc1ccc(Cl)cc1. The maximum atomic E-state index is 6.01. The van der Waals surface area contributed by atoms with Crippen LogP contribution in [0, 0.1) is 0 Å². The van der Waals surface area contributed by atoms with Gasteiger partial charge in [0.05, 0.1) is 24.6 Å². The molecule has 1 unspecified atom stereocenters. The van der Waals surface area contributed by atoms with E-state index in [-0.39, 0.29) is 0 Å². The second-order valence-corrected chi connectivity index (χ2v) is 6.90. The third kappa shape index (κ3) is 3.97. The molecule has 126 valence electrons. The minimum atomic E-state index is 0.776. The van der Waals surface area contributed by atoms with Crippen LogP contribution in [-0.2, 0) is 13.1 Å². The monoisotopic (exact) mass is 342 g/mol. The Balaban J connectivity index is 1.91. The molecule has 3 aromatic rings. The molecule has 0 aliphatic heterocycles. The Bertz CT molecular complexity index is 792. The second kappa shape index (κ2) is 7.82. The highest BCUT2D eigenvalue weighted by Crippen LogP contribution is 2.18. The summed E-state index contributed by atoms with van der Waals surface area (Å²) >= 11 is 6.01. The molecule has 4 heteroatoms. The van der Waals surface area contributed by atoms with E-state index in [0.29, 0.717) is 0 Å². The Hall–Kier alpha value is -1.84. The summed E-state index contributed by atoms with van der Waals surface area (Å²) in [4.78, 5) is 6.39. The summed E-state index contributed by atoms with van der Waals surface area (Å²) < 4.78 is 2.34. The van der Waals surface area contributed by atoms with Crippen LogP contribution < -0.4 is 4.90 Å². The number of benzene rings is 2. The van der Waals surface area contributed by atoms with Crippen LogP contribution in [0.3, 0.4) is 0 Å². The zero-order valence-corrected chi connectivity index (χ0v) is 15.2. The average Bonchev–Trinajstić information content (AvgIpc) is 2.92. The van der Waals surface area contributed by atoms with Crippen molar-refractivity contribution in [2.45, 2.75) is 32.9 Å². The molecule has 0 spiro atoms. The van der Waals surface area contributed by atoms with E-state index in [1.165, 1.54) is 35.4 Å². The van der Waals surface area contributed by atoms with Crippen molar-refractivity contribution < 1.29 is 4.90 Å². The summed E-state index contributed by atoms with van der Waals surface area (Å²) in [6, 6.07) is 16.5. The van der Waals surface area contributed by atoms with Crippen molar-refractivity contribution >= 4 is 22.6 Å². The van der Waals surface area contributed by atoms with Crippen LogP contribution in [0.25, 0.3) is 11.0 Å². The molecule has 0 fully saturated rings. The van der Waals surface area contributed by atoms with E-state index in [0.717, 1.165) is 29.5 Å². The summed E-state index contributed by atoms with van der Waals surface area (Å²) in [7, 11) is 2.25. The van der Waals surface area contributed by atoms with Crippen molar-refractivity contribution in [2.75, 3.05) is 13.6 Å². The molecule has 1 atom stereocenters. The first kappa shape index (κ1) is 17.0. The molecule has 0 amide bonds. The van der Waals surface area contributed by atoms with E-state index >= 15 is 0 Å². The summed E-state index contributed by atoms with van der Waals surface area (Å²) in [5, 5.41) is 0.776. The number of imidazole rings is 1. The lowest BCUT2D eigenvalue weighted by Crippen LogP contribution is -3.07. The molecule has 0 radical (unpaired) electrons. The predicted octanol–water partition coefficient (Wildman–Crippen LogP) is 3.55. The smallest absolute Gasteiger partial charge is 0.165 e. The van der Waals surface area contributed by atoms with E-state index < -0.39 is 0 Å². The van der Waals surface area contributed by atoms with Gasteiger partial charge in [-0.15, -0.1) is 0 Å². The van der Waals surface area contributed by atoms with Crippen LogP contribution in [0.1, 0.15) is 31.2 Å². The summed E-state index contributed by atoms with van der Waals surface area (Å²) in [5.41, 5.74) is 3.52. The molecule has 3 nitrogen and oxygen atoms in total. The Labute approximate surface area is 148 Å². The summed E-state index contributed by atoms with van der Waals surface area (Å²) in [5.74, 6) is 1.15. The number of nitrogens with one attached hydrogen (secondary N) is 1. The third-order valence-corrected chi connectivity index (χ3v) is 4.66. The molecule has 0 saturated carbocycles. The van der Waals surface area contributed by atoms with Gasteiger partial charge in [-0.1, -0.05) is 49.2 Å². The highest BCUT2D eigenvalue weighted by Gasteiger charge is 2.14. The highest BCUT2D eigenvalue weighted by atomic mass is 35.5. The molecule has 0 bridgehead atoms. The number of unbranched alkanes of at least 4 members (excludes halogenated alkanes) is 1. The topological polar surface area (TPSA) is 22.3 Å². The molecule has 24 heavy (non-hydrogen) atoms. The van der Waals surface area contributed by atoms with E-state index in [1.54, 1.807) is 0 Å². The minimum absolute atomic E-state index is 0.776. The molecule has 0 saturated heterocycles. The van der Waals surface area contributed by atoms with Gasteiger partial charge in [-0.25, -0.2) is 4.98 Å². The first-order valence-corrected chi connectivity index (χ1v) is 9.05. The van der Waals surface area contributed by atoms with Crippen molar-refractivity contribution in [3.05, 3.63) is 64.9 Å². The van der Waals surface area contributed by atoms with E-state index in [2.05, 4.69) is 54.9 Å². The molecule has 0 aliphatic rings. The fraction of sp³-hybridized carbons (Fsp3) is 0.350. The Kier molecular flexibility index (Phi) is 5.54. The van der Waals surface area contributed by atoms with E-state index in [9.17, 15) is 0 Å². The fourth-order valence-electron chi connectivity index (χ4n) is 3.05. The second-order valence-electron chi connectivity index (χ2n) is 6.47. The van der Waals surface area contributed by atoms with Gasteiger partial charge in [-0.05, 0) is 36.2 Å². The Morgan fingerprint density at radius 3 is 2.58 bits per heavy atom. The maximum absolute atomic E-state index is 6.01. The maximum Gasteiger partial charge on any atom is 0.165 e. The van der Waals surface area contributed by atoms with Crippen LogP contribution >= 0.6 is 11.6 Å². The average molecular weight is 343 g/mol. The van der Waals surface area contributed by atoms with Gasteiger partial charge < -0.3 is 9.47 Å². The molecule has 1 heterocycles. The van der Waals surface area contributed by atoms with E-state index in [4.69, 9.17) is 16.6 Å². The van der Waals surface area contributed by atoms with Gasteiger partial charge in [0.1, 0.15) is 6.54 Å². The van der Waals surface area contributed by atoms with Gasteiger partial charge in [0.15, 0.2) is 5.82 Å². The lowest BCUT2D eigenvalue weighted by Gasteiger charge is -2.15. The van der Waals surface area contributed by atoms with Crippen LogP contribution in [0.15, 0.2) is 48.5 Å². The van der Waals surface area contributed by atoms with Gasteiger partial charge >= 0.3 is 0 Å².